The number of anilines is 1. The van der Waals surface area contributed by atoms with Crippen LogP contribution < -0.4 is 20.7 Å². The lowest BCUT2D eigenvalue weighted by atomic mass is 9.92. The summed E-state index contributed by atoms with van der Waals surface area (Å²) in [7, 11) is 1.58. The first-order valence-electron chi connectivity index (χ1n) is 13.8. The minimum Gasteiger partial charge on any atom is -0.497 e. The van der Waals surface area contributed by atoms with Gasteiger partial charge in [-0.1, -0.05) is 71.0 Å². The highest BCUT2D eigenvalue weighted by Gasteiger charge is 2.29. The molecule has 40 heavy (non-hydrogen) atoms. The highest BCUT2D eigenvalue weighted by molar-refractivity contribution is 5.99. The first-order valence-corrected chi connectivity index (χ1v) is 13.8. The largest absolute Gasteiger partial charge is 0.497 e. The number of nitrogens with one attached hydrogen (secondary N) is 3. The summed E-state index contributed by atoms with van der Waals surface area (Å²) in [5, 5.41) is 8.53. The molecule has 2 aromatic carbocycles. The lowest BCUT2D eigenvalue weighted by molar-refractivity contribution is -0.125. The zero-order valence-corrected chi connectivity index (χ0v) is 25.4. The van der Waals surface area contributed by atoms with Gasteiger partial charge in [-0.3, -0.25) is 9.59 Å². The van der Waals surface area contributed by atoms with Gasteiger partial charge in [0, 0.05) is 11.8 Å². The zero-order chi connectivity index (χ0) is 30.3. The van der Waals surface area contributed by atoms with Crippen LogP contribution in [-0.4, -0.2) is 42.7 Å². The number of benzene rings is 2. The Bertz CT molecular complexity index is 1080. The molecule has 0 spiro atoms. The van der Waals surface area contributed by atoms with Gasteiger partial charge >= 0.3 is 6.09 Å². The number of rotatable bonds is 11. The van der Waals surface area contributed by atoms with E-state index in [1.54, 1.807) is 58.2 Å². The fraction of sp³-hybridized carbons (Fsp3) is 0.469. The first-order chi connectivity index (χ1) is 18.9. The normalized spacial score (nSPS) is 13.3. The Morgan fingerprint density at radius 2 is 1.50 bits per heavy atom. The lowest BCUT2D eigenvalue weighted by Gasteiger charge is -2.28. The van der Waals surface area contributed by atoms with Gasteiger partial charge in [0.1, 0.15) is 17.4 Å². The van der Waals surface area contributed by atoms with E-state index < -0.39 is 23.8 Å². The molecule has 8 heteroatoms. The Balaban J connectivity index is 0.00000391. The van der Waals surface area contributed by atoms with Gasteiger partial charge in [0.25, 0.3) is 0 Å². The van der Waals surface area contributed by atoms with Crippen molar-refractivity contribution in [1.82, 2.24) is 10.6 Å². The van der Waals surface area contributed by atoms with Crippen molar-refractivity contribution in [2.45, 2.75) is 79.5 Å². The summed E-state index contributed by atoms with van der Waals surface area (Å²) in [6, 6.07) is 15.7. The molecule has 3 amide bonds. The number of methoxy groups -OCH3 is 1. The summed E-state index contributed by atoms with van der Waals surface area (Å²) in [5.41, 5.74) is 1.05. The summed E-state index contributed by atoms with van der Waals surface area (Å²) in [4.78, 5) is 38.3. The Labute approximate surface area is 239 Å². The number of hydrogen-bond donors (Lipinski definition) is 3. The van der Waals surface area contributed by atoms with E-state index in [1.165, 1.54) is 6.08 Å². The molecule has 0 fully saturated rings. The number of ether oxygens (including phenoxy) is 2. The highest BCUT2D eigenvalue weighted by Crippen LogP contribution is 2.17. The van der Waals surface area contributed by atoms with Gasteiger partial charge < -0.3 is 25.4 Å². The van der Waals surface area contributed by atoms with Crippen LogP contribution in [0.15, 0.2) is 66.7 Å². The topological polar surface area (TPSA) is 106 Å². The molecule has 0 bridgehead atoms. The molecule has 0 aliphatic heterocycles. The van der Waals surface area contributed by atoms with Crippen LogP contribution in [0.2, 0.25) is 0 Å². The molecule has 0 radical (unpaired) electrons. The van der Waals surface area contributed by atoms with Crippen LogP contribution in [0.5, 0.6) is 5.75 Å². The third-order valence-electron chi connectivity index (χ3n) is 5.76. The van der Waals surface area contributed by atoms with Gasteiger partial charge in [0.2, 0.25) is 11.8 Å². The summed E-state index contributed by atoms with van der Waals surface area (Å²) in [6.07, 6.45) is 3.13. The number of hydrogen-bond acceptors (Lipinski definition) is 5. The summed E-state index contributed by atoms with van der Waals surface area (Å²) < 4.78 is 10.5. The molecule has 3 N–H and O–H groups in total. The second-order valence-corrected chi connectivity index (χ2v) is 10.6. The fourth-order valence-electron chi connectivity index (χ4n) is 3.77. The molecule has 0 aliphatic rings. The molecule has 220 valence electrons. The smallest absolute Gasteiger partial charge is 0.408 e. The highest BCUT2D eigenvalue weighted by atomic mass is 16.6. The van der Waals surface area contributed by atoms with E-state index in [2.05, 4.69) is 16.0 Å². The van der Waals surface area contributed by atoms with Crippen LogP contribution in [0.1, 0.15) is 61.0 Å². The fourth-order valence-corrected chi connectivity index (χ4v) is 3.77. The maximum absolute atomic E-state index is 13.3. The van der Waals surface area contributed by atoms with Crippen LogP contribution in [0.25, 0.3) is 0 Å². The van der Waals surface area contributed by atoms with Crippen molar-refractivity contribution in [3.8, 4) is 5.75 Å². The van der Waals surface area contributed by atoms with Gasteiger partial charge in [0.15, 0.2) is 0 Å². The molecule has 0 aromatic heterocycles. The van der Waals surface area contributed by atoms with Crippen LogP contribution in [0, 0.1) is 11.8 Å². The first kappa shape index (κ1) is 34.2. The molecule has 2 unspecified atom stereocenters. The Hall–Kier alpha value is -3.81. The zero-order valence-electron chi connectivity index (χ0n) is 25.4. The predicted molar refractivity (Wildman–Crippen MR) is 161 cm³/mol. The molecule has 0 saturated carbocycles. The van der Waals surface area contributed by atoms with Crippen LogP contribution in [-0.2, 0) is 20.7 Å². The summed E-state index contributed by atoms with van der Waals surface area (Å²) >= 11 is 0. The molecular formula is C32H47N3O5. The lowest BCUT2D eigenvalue weighted by Crippen LogP contribution is -2.53. The van der Waals surface area contributed by atoms with Gasteiger partial charge in [-0.25, -0.2) is 4.79 Å². The van der Waals surface area contributed by atoms with E-state index in [1.807, 2.05) is 65.0 Å². The Morgan fingerprint density at radius 1 is 0.900 bits per heavy atom. The van der Waals surface area contributed by atoms with E-state index >= 15 is 0 Å². The van der Waals surface area contributed by atoms with Gasteiger partial charge in [-0.15, -0.1) is 0 Å². The van der Waals surface area contributed by atoms with Crippen molar-refractivity contribution in [3.63, 3.8) is 0 Å². The minimum atomic E-state index is -0.808. The predicted octanol–water partition coefficient (Wildman–Crippen LogP) is 6.13. The monoisotopic (exact) mass is 553 g/mol. The number of amides is 3. The second-order valence-electron chi connectivity index (χ2n) is 10.6. The molecule has 0 aliphatic carbocycles. The summed E-state index contributed by atoms with van der Waals surface area (Å²) in [5.74, 6) is -0.212. The minimum absolute atomic E-state index is 0.0410. The molecule has 2 rings (SSSR count). The maximum Gasteiger partial charge on any atom is 0.408 e. The number of alkyl carbamates (subject to hydrolysis) is 1. The van der Waals surface area contributed by atoms with Crippen molar-refractivity contribution in [2.75, 3.05) is 12.4 Å². The average Bonchev–Trinajstić information content (AvgIpc) is 2.90. The SMILES string of the molecule is CC.COc1ccc(NC(=O)/C=C/[C@@H](NC(=O)C(NC(=O)OC(C)(C)C)C(C)C)C(C)Cc2ccccc2)cc1. The quantitative estimate of drug-likeness (QED) is 0.290. The Kier molecular flexibility index (Phi) is 14.5. The molecule has 3 atom stereocenters. The van der Waals surface area contributed by atoms with Gasteiger partial charge in [-0.05, 0) is 68.9 Å². The molecule has 2 aromatic rings. The Morgan fingerprint density at radius 3 is 2.02 bits per heavy atom. The maximum atomic E-state index is 13.3. The number of carbonyl (C=O) groups is 3. The van der Waals surface area contributed by atoms with Crippen molar-refractivity contribution >= 4 is 23.6 Å². The van der Waals surface area contributed by atoms with E-state index in [0.717, 1.165) is 5.56 Å². The molecule has 8 nitrogen and oxygen atoms in total. The van der Waals surface area contributed by atoms with Crippen molar-refractivity contribution in [3.05, 3.63) is 72.3 Å². The van der Waals surface area contributed by atoms with Crippen molar-refractivity contribution < 1.29 is 23.9 Å². The number of carbonyl (C=O) groups excluding carboxylic acids is 3. The second kappa shape index (κ2) is 17.0. The molecule has 0 heterocycles. The van der Waals surface area contributed by atoms with E-state index in [0.29, 0.717) is 17.9 Å². The van der Waals surface area contributed by atoms with Crippen molar-refractivity contribution in [2.24, 2.45) is 11.8 Å². The van der Waals surface area contributed by atoms with Crippen molar-refractivity contribution in [1.29, 1.82) is 0 Å². The van der Waals surface area contributed by atoms with E-state index in [4.69, 9.17) is 9.47 Å². The summed E-state index contributed by atoms with van der Waals surface area (Å²) in [6.45, 7) is 15.0. The molecule has 0 saturated heterocycles. The molecular weight excluding hydrogens is 506 g/mol. The van der Waals surface area contributed by atoms with Crippen LogP contribution >= 0.6 is 0 Å². The van der Waals surface area contributed by atoms with E-state index in [-0.39, 0.29) is 23.7 Å². The van der Waals surface area contributed by atoms with Gasteiger partial charge in [0.05, 0.1) is 13.2 Å². The third-order valence-corrected chi connectivity index (χ3v) is 5.76. The van der Waals surface area contributed by atoms with Gasteiger partial charge in [-0.2, -0.15) is 0 Å². The van der Waals surface area contributed by atoms with E-state index in [9.17, 15) is 14.4 Å². The average molecular weight is 554 g/mol. The van der Waals surface area contributed by atoms with Crippen LogP contribution in [0.4, 0.5) is 10.5 Å². The third kappa shape index (κ3) is 12.8. The standard InChI is InChI=1S/C30H41N3O5.C2H6/c1-20(2)27(33-29(36)38-30(4,5)6)28(35)32-25(21(3)19-22-11-9-8-10-12-22)17-18-26(34)31-23-13-15-24(37-7)16-14-23;1-2/h8-18,20-21,25,27H,19H2,1-7H3,(H,31,34)(H,32,35)(H,33,36);1-2H3/b18-17+;/t21?,25-,27?;/m1./s1. The van der Waals surface area contributed by atoms with Crippen LogP contribution in [0.3, 0.4) is 0 Å².